The molecule has 1 heterocycles. The van der Waals surface area contributed by atoms with Crippen molar-refractivity contribution < 1.29 is 4.74 Å². The monoisotopic (exact) mass is 276 g/mol. The highest BCUT2D eigenvalue weighted by atomic mass is 16.5. The van der Waals surface area contributed by atoms with Gasteiger partial charge in [0.05, 0.1) is 6.61 Å². The van der Waals surface area contributed by atoms with Gasteiger partial charge in [0, 0.05) is 25.7 Å². The van der Waals surface area contributed by atoms with E-state index in [2.05, 4.69) is 54.4 Å². The predicted octanol–water partition coefficient (Wildman–Crippen LogP) is 2.70. The third-order valence-electron chi connectivity index (χ3n) is 3.69. The molecule has 0 amide bonds. The normalized spacial score (nSPS) is 21.1. The fourth-order valence-corrected chi connectivity index (χ4v) is 2.62. The average molecular weight is 276 g/mol. The van der Waals surface area contributed by atoms with Crippen LogP contribution in [-0.4, -0.2) is 44.3 Å². The topological polar surface area (TPSA) is 24.5 Å². The van der Waals surface area contributed by atoms with Crippen LogP contribution < -0.4 is 5.32 Å². The van der Waals surface area contributed by atoms with Gasteiger partial charge in [0.25, 0.3) is 0 Å². The number of nitrogens with zero attached hydrogens (tertiary/aromatic N) is 1. The van der Waals surface area contributed by atoms with Crippen LogP contribution in [0.15, 0.2) is 30.3 Å². The van der Waals surface area contributed by atoms with Gasteiger partial charge in [-0.3, -0.25) is 4.90 Å². The summed E-state index contributed by atoms with van der Waals surface area (Å²) in [5.74, 6) is 0.623. The number of hydrogen-bond donors (Lipinski definition) is 1. The van der Waals surface area contributed by atoms with Gasteiger partial charge in [-0.2, -0.15) is 0 Å². The quantitative estimate of drug-likeness (QED) is 0.809. The molecule has 3 nitrogen and oxygen atoms in total. The molecule has 2 rings (SSSR count). The molecule has 112 valence electrons. The van der Waals surface area contributed by atoms with Gasteiger partial charge in [-0.25, -0.2) is 0 Å². The van der Waals surface area contributed by atoms with Crippen molar-refractivity contribution in [3.05, 3.63) is 35.9 Å². The first-order valence-electron chi connectivity index (χ1n) is 7.84. The Morgan fingerprint density at radius 3 is 2.85 bits per heavy atom. The molecule has 1 N–H and O–H groups in total. The highest BCUT2D eigenvalue weighted by molar-refractivity contribution is 5.19. The van der Waals surface area contributed by atoms with E-state index in [1.54, 1.807) is 0 Å². The van der Waals surface area contributed by atoms with E-state index in [1.807, 2.05) is 0 Å². The SMILES string of the molecule is CC(C)COCCN1CCCNC(c2ccccc2)C1. The van der Waals surface area contributed by atoms with Crippen molar-refractivity contribution >= 4 is 0 Å². The molecular weight excluding hydrogens is 248 g/mol. The summed E-state index contributed by atoms with van der Waals surface area (Å²) < 4.78 is 5.72. The van der Waals surface area contributed by atoms with Gasteiger partial charge < -0.3 is 10.1 Å². The first-order valence-corrected chi connectivity index (χ1v) is 7.84. The summed E-state index contributed by atoms with van der Waals surface area (Å²) in [4.78, 5) is 2.53. The summed E-state index contributed by atoms with van der Waals surface area (Å²) in [5.41, 5.74) is 1.39. The minimum Gasteiger partial charge on any atom is -0.380 e. The Morgan fingerprint density at radius 2 is 2.10 bits per heavy atom. The first kappa shape index (κ1) is 15.5. The standard InChI is InChI=1S/C17H28N2O/c1-15(2)14-20-12-11-19-10-6-9-18-17(13-19)16-7-4-3-5-8-16/h3-5,7-8,15,17-18H,6,9-14H2,1-2H3. The maximum atomic E-state index is 5.72. The molecule has 0 radical (unpaired) electrons. The van der Waals surface area contributed by atoms with E-state index in [4.69, 9.17) is 4.74 Å². The van der Waals surface area contributed by atoms with Crippen molar-refractivity contribution in [2.45, 2.75) is 26.3 Å². The summed E-state index contributed by atoms with van der Waals surface area (Å²) in [5, 5.41) is 3.65. The van der Waals surface area contributed by atoms with Crippen LogP contribution in [0, 0.1) is 5.92 Å². The van der Waals surface area contributed by atoms with Gasteiger partial charge in [0.2, 0.25) is 0 Å². The molecule has 3 heteroatoms. The van der Waals surface area contributed by atoms with Crippen LogP contribution in [0.3, 0.4) is 0 Å². The zero-order valence-electron chi connectivity index (χ0n) is 12.8. The Balaban J connectivity index is 1.81. The van der Waals surface area contributed by atoms with E-state index >= 15 is 0 Å². The van der Waals surface area contributed by atoms with Gasteiger partial charge in [-0.1, -0.05) is 44.2 Å². The van der Waals surface area contributed by atoms with Gasteiger partial charge in [0.15, 0.2) is 0 Å². The minimum atomic E-state index is 0.448. The lowest BCUT2D eigenvalue weighted by Gasteiger charge is -2.24. The van der Waals surface area contributed by atoms with Crippen LogP contribution >= 0.6 is 0 Å². The van der Waals surface area contributed by atoms with E-state index in [1.165, 1.54) is 18.5 Å². The Morgan fingerprint density at radius 1 is 1.30 bits per heavy atom. The number of benzene rings is 1. The van der Waals surface area contributed by atoms with E-state index in [0.717, 1.165) is 32.8 Å². The van der Waals surface area contributed by atoms with Crippen LogP contribution in [0.2, 0.25) is 0 Å². The summed E-state index contributed by atoms with van der Waals surface area (Å²) in [7, 11) is 0. The Hall–Kier alpha value is -0.900. The molecule has 0 spiro atoms. The lowest BCUT2D eigenvalue weighted by Crippen LogP contribution is -2.33. The molecule has 1 atom stereocenters. The smallest absolute Gasteiger partial charge is 0.0593 e. The number of nitrogens with one attached hydrogen (secondary N) is 1. The van der Waals surface area contributed by atoms with Crippen molar-refractivity contribution in [2.75, 3.05) is 39.4 Å². The molecule has 20 heavy (non-hydrogen) atoms. The highest BCUT2D eigenvalue weighted by Crippen LogP contribution is 2.16. The second kappa shape index (κ2) is 8.40. The molecule has 0 saturated carbocycles. The van der Waals surface area contributed by atoms with Crippen molar-refractivity contribution in [3.63, 3.8) is 0 Å². The maximum Gasteiger partial charge on any atom is 0.0593 e. The number of ether oxygens (including phenoxy) is 1. The van der Waals surface area contributed by atoms with Crippen molar-refractivity contribution in [3.8, 4) is 0 Å². The van der Waals surface area contributed by atoms with Crippen molar-refractivity contribution in [2.24, 2.45) is 5.92 Å². The first-order chi connectivity index (χ1) is 9.75. The molecule has 1 unspecified atom stereocenters. The molecule has 1 aliphatic rings. The van der Waals surface area contributed by atoms with Crippen LogP contribution in [-0.2, 0) is 4.74 Å². The Labute approximate surface area is 123 Å². The summed E-state index contributed by atoms with van der Waals surface area (Å²) in [6, 6.07) is 11.2. The second-order valence-corrected chi connectivity index (χ2v) is 6.04. The average Bonchev–Trinajstić information content (AvgIpc) is 2.70. The summed E-state index contributed by atoms with van der Waals surface area (Å²) in [6.45, 7) is 10.5. The van der Waals surface area contributed by atoms with Crippen LogP contribution in [0.1, 0.15) is 31.9 Å². The molecule has 1 aliphatic heterocycles. The Bertz CT molecular complexity index is 367. The molecule has 1 saturated heterocycles. The molecular formula is C17H28N2O. The van der Waals surface area contributed by atoms with Gasteiger partial charge >= 0.3 is 0 Å². The van der Waals surface area contributed by atoms with Crippen LogP contribution in [0.4, 0.5) is 0 Å². The zero-order chi connectivity index (χ0) is 14.2. The maximum absolute atomic E-state index is 5.72. The van der Waals surface area contributed by atoms with E-state index in [0.29, 0.717) is 12.0 Å². The van der Waals surface area contributed by atoms with Crippen molar-refractivity contribution in [1.82, 2.24) is 10.2 Å². The number of rotatable bonds is 6. The van der Waals surface area contributed by atoms with Gasteiger partial charge in [-0.05, 0) is 31.0 Å². The van der Waals surface area contributed by atoms with Crippen LogP contribution in [0.5, 0.6) is 0 Å². The lowest BCUT2D eigenvalue weighted by molar-refractivity contribution is 0.0849. The highest BCUT2D eigenvalue weighted by Gasteiger charge is 2.18. The van der Waals surface area contributed by atoms with E-state index in [9.17, 15) is 0 Å². The van der Waals surface area contributed by atoms with E-state index < -0.39 is 0 Å². The fourth-order valence-electron chi connectivity index (χ4n) is 2.62. The third-order valence-corrected chi connectivity index (χ3v) is 3.69. The number of hydrogen-bond acceptors (Lipinski definition) is 3. The lowest BCUT2D eigenvalue weighted by atomic mass is 10.1. The minimum absolute atomic E-state index is 0.448. The summed E-state index contributed by atoms with van der Waals surface area (Å²) >= 11 is 0. The molecule has 1 aromatic carbocycles. The third kappa shape index (κ3) is 5.23. The summed E-state index contributed by atoms with van der Waals surface area (Å²) in [6.07, 6.45) is 1.22. The van der Waals surface area contributed by atoms with Gasteiger partial charge in [0.1, 0.15) is 0 Å². The molecule has 0 bridgehead atoms. The van der Waals surface area contributed by atoms with E-state index in [-0.39, 0.29) is 0 Å². The fraction of sp³-hybridized carbons (Fsp3) is 0.647. The van der Waals surface area contributed by atoms with Crippen molar-refractivity contribution in [1.29, 1.82) is 0 Å². The Kier molecular flexibility index (Phi) is 6.51. The predicted molar refractivity (Wildman–Crippen MR) is 83.9 cm³/mol. The largest absolute Gasteiger partial charge is 0.380 e. The molecule has 0 aliphatic carbocycles. The van der Waals surface area contributed by atoms with Gasteiger partial charge in [-0.15, -0.1) is 0 Å². The molecule has 1 fully saturated rings. The molecule has 1 aromatic rings. The zero-order valence-corrected chi connectivity index (χ0v) is 12.8. The molecule has 0 aromatic heterocycles. The second-order valence-electron chi connectivity index (χ2n) is 6.04. The van der Waals surface area contributed by atoms with Crippen LogP contribution in [0.25, 0.3) is 0 Å².